The molecule has 15 nitrogen and oxygen atoms in total. The Bertz CT molecular complexity index is 2430. The van der Waals surface area contributed by atoms with Crippen molar-refractivity contribution in [1.29, 1.82) is 0 Å². The molecule has 1 spiro atoms. The summed E-state index contributed by atoms with van der Waals surface area (Å²) in [5, 5.41) is 11.4. The first-order chi connectivity index (χ1) is 28.0. The predicted octanol–water partition coefficient (Wildman–Crippen LogP) is 4.63. The Labute approximate surface area is 338 Å². The van der Waals surface area contributed by atoms with E-state index in [1.54, 1.807) is 15.1 Å². The number of benzene rings is 2. The largest absolute Gasteiger partial charge is 0.351 e. The van der Waals surface area contributed by atoms with Crippen molar-refractivity contribution in [1.82, 2.24) is 34.3 Å². The fourth-order valence-electron chi connectivity index (χ4n) is 9.71. The van der Waals surface area contributed by atoms with Crippen molar-refractivity contribution in [2.24, 2.45) is 13.0 Å². The molecule has 16 heteroatoms. The predicted molar refractivity (Wildman–Crippen MR) is 218 cm³/mol. The Balaban J connectivity index is 0.742. The number of hydrogen-bond donors (Lipinski definition) is 2. The number of carbonyl (C=O) groups is 3. The highest BCUT2D eigenvalue weighted by atomic mass is 32.2. The highest BCUT2D eigenvalue weighted by Crippen LogP contribution is 2.58. The molecule has 4 aliphatic heterocycles. The van der Waals surface area contributed by atoms with E-state index in [0.717, 1.165) is 79.5 Å². The number of urea groups is 1. The van der Waals surface area contributed by atoms with Gasteiger partial charge in [-0.05, 0) is 119 Å². The number of amides is 4. The summed E-state index contributed by atoms with van der Waals surface area (Å²) in [4.78, 5) is 53.4. The number of hydrogen-bond acceptors (Lipinski definition) is 10. The molecule has 4 aromatic rings. The zero-order valence-electron chi connectivity index (χ0n) is 33.1. The Morgan fingerprint density at radius 3 is 2.43 bits per heavy atom. The van der Waals surface area contributed by atoms with Gasteiger partial charge in [-0.3, -0.25) is 34.3 Å². The van der Waals surface area contributed by atoms with Crippen molar-refractivity contribution >= 4 is 56.4 Å². The van der Waals surface area contributed by atoms with Gasteiger partial charge in [0, 0.05) is 68.9 Å². The van der Waals surface area contributed by atoms with E-state index in [1.165, 1.54) is 10.5 Å². The van der Waals surface area contributed by atoms with Crippen molar-refractivity contribution in [3.63, 3.8) is 0 Å². The summed E-state index contributed by atoms with van der Waals surface area (Å²) in [7, 11) is -1.80. The van der Waals surface area contributed by atoms with Crippen LogP contribution in [-0.2, 0) is 38.6 Å². The van der Waals surface area contributed by atoms with E-state index in [0.29, 0.717) is 67.5 Å². The minimum atomic E-state index is -3.67. The lowest BCUT2D eigenvalue weighted by Gasteiger charge is -2.33. The number of rotatable bonds is 10. The second-order valence-electron chi connectivity index (χ2n) is 17.3. The minimum absolute atomic E-state index is 0.0272. The molecule has 5 fully saturated rings. The summed E-state index contributed by atoms with van der Waals surface area (Å²) in [5.74, 6) is 2.64. The van der Waals surface area contributed by atoms with Gasteiger partial charge in [0.2, 0.25) is 27.8 Å². The maximum atomic E-state index is 13.9. The molecule has 6 heterocycles. The van der Waals surface area contributed by atoms with Crippen LogP contribution in [0.5, 0.6) is 0 Å². The number of likely N-dealkylation sites (tertiary alicyclic amines) is 1. The number of aryl methyl sites for hydroxylation is 1. The third kappa shape index (κ3) is 6.53. The maximum absolute atomic E-state index is 13.9. The minimum Gasteiger partial charge on any atom is -0.351 e. The van der Waals surface area contributed by atoms with Crippen LogP contribution in [0, 0.1) is 5.92 Å². The summed E-state index contributed by atoms with van der Waals surface area (Å²) in [6.45, 7) is 5.70. The summed E-state index contributed by atoms with van der Waals surface area (Å²) >= 11 is 0. The molecule has 3 saturated heterocycles. The average molecular weight is 807 g/mol. The van der Waals surface area contributed by atoms with Gasteiger partial charge in [0.05, 0.1) is 15.8 Å². The summed E-state index contributed by atoms with van der Waals surface area (Å²) < 4.78 is 31.2. The van der Waals surface area contributed by atoms with Gasteiger partial charge < -0.3 is 5.32 Å². The van der Waals surface area contributed by atoms with Gasteiger partial charge in [-0.25, -0.2) is 18.2 Å². The van der Waals surface area contributed by atoms with Crippen LogP contribution in [0.3, 0.4) is 0 Å². The van der Waals surface area contributed by atoms with Gasteiger partial charge in [-0.2, -0.15) is 14.4 Å². The summed E-state index contributed by atoms with van der Waals surface area (Å²) in [6, 6.07) is 13.4. The third-order valence-corrected chi connectivity index (χ3v) is 15.5. The van der Waals surface area contributed by atoms with Gasteiger partial charge in [0.15, 0.2) is 5.82 Å². The fraction of sp³-hybridized carbons (Fsp3) is 0.524. The highest BCUT2D eigenvalue weighted by Gasteiger charge is 2.62. The van der Waals surface area contributed by atoms with E-state index in [4.69, 9.17) is 4.98 Å². The molecule has 4 amide bonds. The molecule has 0 unspecified atom stereocenters. The average Bonchev–Trinajstić information content (AvgIpc) is 4.16. The number of anilines is 3. The summed E-state index contributed by atoms with van der Waals surface area (Å²) in [5.41, 5.74) is 3.71. The molecule has 1 atom stereocenters. The van der Waals surface area contributed by atoms with E-state index in [2.05, 4.69) is 44.7 Å². The van der Waals surface area contributed by atoms with E-state index in [1.807, 2.05) is 42.4 Å². The number of fused-ring (bicyclic) bond motifs is 3. The Hall–Kier alpha value is -4.93. The number of carbonyl (C=O) groups excluding carboxylic acids is 3. The van der Waals surface area contributed by atoms with Crippen LogP contribution in [0.25, 0.3) is 10.9 Å². The Kier molecular flexibility index (Phi) is 9.09. The van der Waals surface area contributed by atoms with Crippen LogP contribution in [-0.4, -0.2) is 100 Å². The number of imide groups is 1. The standard InChI is InChI=1S/C42H50N10O5S/c1-26(28-6-7-28)52-38-34(42(15-16-42)39(52)54)24-43-40(46-38)44-31-12-19-50(20-13-31)58(56,57)32-5-3-4-27(22-32)25-49-17-10-29(11-18-49)30-8-9-33-35(23-30)48(2)47-37(33)51-21-14-36(53)45-41(51)55/h3-5,8-9,22-24,26,28-29,31H,6-7,10-21,25H2,1-2H3,(H,43,44,46)(H,45,53,55)/t26-/m0/s1. The molecule has 58 heavy (non-hydrogen) atoms. The molecule has 2 aromatic heterocycles. The number of sulfonamides is 1. The lowest BCUT2D eigenvalue weighted by Crippen LogP contribution is -2.49. The fourth-order valence-corrected chi connectivity index (χ4v) is 11.3. The van der Waals surface area contributed by atoms with Gasteiger partial charge >= 0.3 is 6.03 Å². The highest BCUT2D eigenvalue weighted by molar-refractivity contribution is 7.89. The van der Waals surface area contributed by atoms with Crippen molar-refractivity contribution < 1.29 is 22.8 Å². The van der Waals surface area contributed by atoms with E-state index in [-0.39, 0.29) is 30.3 Å². The van der Waals surface area contributed by atoms with Crippen molar-refractivity contribution in [2.45, 2.75) is 99.6 Å². The van der Waals surface area contributed by atoms with Gasteiger partial charge in [0.1, 0.15) is 5.82 Å². The number of nitrogens with one attached hydrogen (secondary N) is 2. The number of nitrogens with zero attached hydrogens (tertiary/aromatic N) is 8. The van der Waals surface area contributed by atoms with Gasteiger partial charge in [-0.15, -0.1) is 0 Å². The zero-order chi connectivity index (χ0) is 39.9. The molecule has 10 rings (SSSR count). The molecule has 304 valence electrons. The molecular weight excluding hydrogens is 757 g/mol. The molecule has 2 aliphatic carbocycles. The number of aromatic nitrogens is 4. The van der Waals surface area contributed by atoms with E-state index >= 15 is 0 Å². The molecule has 2 N–H and O–H groups in total. The van der Waals surface area contributed by atoms with Crippen LogP contribution in [0.15, 0.2) is 53.6 Å². The molecular formula is C42H50N10O5S. The lowest BCUT2D eigenvalue weighted by molar-refractivity contribution is -0.121. The second kappa shape index (κ2) is 14.1. The van der Waals surface area contributed by atoms with Gasteiger partial charge in [0.25, 0.3) is 0 Å². The first kappa shape index (κ1) is 37.3. The van der Waals surface area contributed by atoms with Crippen LogP contribution in [0.4, 0.5) is 22.4 Å². The van der Waals surface area contributed by atoms with Gasteiger partial charge in [-0.1, -0.05) is 18.2 Å². The second-order valence-corrected chi connectivity index (χ2v) is 19.2. The normalized spacial score (nSPS) is 22.5. The van der Waals surface area contributed by atoms with Crippen LogP contribution >= 0.6 is 0 Å². The van der Waals surface area contributed by atoms with Crippen molar-refractivity contribution in [3.05, 3.63) is 65.4 Å². The Morgan fingerprint density at radius 2 is 1.71 bits per heavy atom. The van der Waals surface area contributed by atoms with Crippen molar-refractivity contribution in [2.75, 3.05) is 47.8 Å². The van der Waals surface area contributed by atoms with Crippen LogP contribution < -0.4 is 20.4 Å². The lowest BCUT2D eigenvalue weighted by atomic mass is 9.89. The molecule has 2 aromatic carbocycles. The molecule has 0 radical (unpaired) electrons. The smallest absolute Gasteiger partial charge is 0.329 e. The summed E-state index contributed by atoms with van der Waals surface area (Å²) in [6.07, 6.45) is 9.33. The van der Waals surface area contributed by atoms with E-state index in [9.17, 15) is 22.8 Å². The van der Waals surface area contributed by atoms with Crippen LogP contribution in [0.1, 0.15) is 87.3 Å². The SMILES string of the molecule is C[C@@H](C1CC1)N1C(=O)C2(CC2)c2cnc(NC3CCN(S(=O)(=O)c4cccc(CN5CCC(c6ccc7c(N8CCC(=O)NC8=O)nn(C)c7c6)CC5)c4)CC3)nc21. The van der Waals surface area contributed by atoms with Crippen molar-refractivity contribution in [3.8, 4) is 0 Å². The van der Waals surface area contributed by atoms with E-state index < -0.39 is 21.5 Å². The van der Waals surface area contributed by atoms with Crippen LogP contribution in [0.2, 0.25) is 0 Å². The quantitative estimate of drug-likeness (QED) is 0.231. The maximum Gasteiger partial charge on any atom is 0.329 e. The Morgan fingerprint density at radius 1 is 0.931 bits per heavy atom. The topological polar surface area (TPSA) is 166 Å². The third-order valence-electron chi connectivity index (χ3n) is 13.6. The molecule has 2 saturated carbocycles. The first-order valence-electron chi connectivity index (χ1n) is 20.9. The molecule has 6 aliphatic rings. The monoisotopic (exact) mass is 806 g/mol. The zero-order valence-corrected chi connectivity index (χ0v) is 33.9. The molecule has 0 bridgehead atoms. The number of piperidine rings is 2. The first-order valence-corrected chi connectivity index (χ1v) is 22.3.